The first-order valence-electron chi connectivity index (χ1n) is 9.07. The SMILES string of the molecule is Cc1nccc(N2CC3CC(C2)N3CC(=O)Nc2ccc(C(F)(F)F)cc2)n1. The molecule has 2 atom stereocenters. The van der Waals surface area contributed by atoms with Crippen molar-refractivity contribution in [2.24, 2.45) is 0 Å². The molecule has 6 nitrogen and oxygen atoms in total. The molecule has 5 rings (SSSR count). The van der Waals surface area contributed by atoms with Gasteiger partial charge < -0.3 is 10.2 Å². The van der Waals surface area contributed by atoms with Gasteiger partial charge in [-0.05, 0) is 43.7 Å². The number of carbonyl (C=O) groups excluding carboxylic acids is 1. The number of hydrogen-bond donors (Lipinski definition) is 1. The lowest BCUT2D eigenvalue weighted by atomic mass is 9.87. The highest BCUT2D eigenvalue weighted by Gasteiger charge is 2.45. The fourth-order valence-corrected chi connectivity index (χ4v) is 3.86. The second-order valence-corrected chi connectivity index (χ2v) is 7.21. The molecule has 2 unspecified atom stereocenters. The molecule has 0 aliphatic carbocycles. The van der Waals surface area contributed by atoms with Gasteiger partial charge in [0.15, 0.2) is 0 Å². The number of nitrogens with one attached hydrogen (secondary N) is 1. The van der Waals surface area contributed by atoms with Gasteiger partial charge in [-0.2, -0.15) is 13.2 Å². The normalized spacial score (nSPS) is 21.9. The number of hydrogen-bond acceptors (Lipinski definition) is 5. The van der Waals surface area contributed by atoms with Gasteiger partial charge in [-0.15, -0.1) is 0 Å². The fraction of sp³-hybridized carbons (Fsp3) is 0.421. The van der Waals surface area contributed by atoms with Crippen LogP contribution in [0.5, 0.6) is 0 Å². The molecule has 0 radical (unpaired) electrons. The second kappa shape index (κ2) is 7.05. The van der Waals surface area contributed by atoms with E-state index in [1.807, 2.05) is 13.0 Å². The van der Waals surface area contributed by atoms with E-state index >= 15 is 0 Å². The molecule has 3 aliphatic rings. The van der Waals surface area contributed by atoms with Gasteiger partial charge in [-0.3, -0.25) is 9.69 Å². The second-order valence-electron chi connectivity index (χ2n) is 7.21. The highest BCUT2D eigenvalue weighted by atomic mass is 19.4. The summed E-state index contributed by atoms with van der Waals surface area (Å²) in [6, 6.07) is 6.91. The third-order valence-electron chi connectivity index (χ3n) is 5.25. The number of carbonyl (C=O) groups is 1. The largest absolute Gasteiger partial charge is 0.416 e. The van der Waals surface area contributed by atoms with Gasteiger partial charge in [-0.1, -0.05) is 0 Å². The highest BCUT2D eigenvalue weighted by Crippen LogP contribution is 2.34. The number of piperazine rings is 1. The number of rotatable bonds is 4. The lowest BCUT2D eigenvalue weighted by Gasteiger charge is -2.56. The topological polar surface area (TPSA) is 61.4 Å². The maximum absolute atomic E-state index is 12.6. The summed E-state index contributed by atoms with van der Waals surface area (Å²) >= 11 is 0. The monoisotopic (exact) mass is 391 g/mol. The number of piperidine rings is 1. The number of aryl methyl sites for hydroxylation is 1. The van der Waals surface area contributed by atoms with Crippen LogP contribution in [0.4, 0.5) is 24.7 Å². The van der Waals surface area contributed by atoms with Crippen LogP contribution in [0.1, 0.15) is 17.8 Å². The minimum absolute atomic E-state index is 0.221. The summed E-state index contributed by atoms with van der Waals surface area (Å²) in [5.41, 5.74) is -0.371. The van der Waals surface area contributed by atoms with Crippen molar-refractivity contribution in [3.05, 3.63) is 47.9 Å². The van der Waals surface area contributed by atoms with Crippen LogP contribution in [-0.2, 0) is 11.0 Å². The Labute approximate surface area is 160 Å². The van der Waals surface area contributed by atoms with Gasteiger partial charge in [-0.25, -0.2) is 9.97 Å². The van der Waals surface area contributed by atoms with E-state index in [9.17, 15) is 18.0 Å². The smallest absolute Gasteiger partial charge is 0.353 e. The van der Waals surface area contributed by atoms with Crippen molar-refractivity contribution in [2.45, 2.75) is 31.6 Å². The lowest BCUT2D eigenvalue weighted by molar-refractivity contribution is -0.137. The number of fused-ring (bicyclic) bond motifs is 2. The zero-order chi connectivity index (χ0) is 19.9. The van der Waals surface area contributed by atoms with E-state index in [0.717, 1.165) is 43.3 Å². The number of anilines is 2. The summed E-state index contributed by atoms with van der Waals surface area (Å²) in [7, 11) is 0. The summed E-state index contributed by atoms with van der Waals surface area (Å²) in [6.45, 7) is 3.67. The van der Waals surface area contributed by atoms with Crippen molar-refractivity contribution >= 4 is 17.4 Å². The summed E-state index contributed by atoms with van der Waals surface area (Å²) in [5.74, 6) is 1.40. The van der Waals surface area contributed by atoms with E-state index in [-0.39, 0.29) is 24.5 Å². The van der Waals surface area contributed by atoms with Crippen LogP contribution in [0.15, 0.2) is 36.5 Å². The van der Waals surface area contributed by atoms with E-state index < -0.39 is 11.7 Å². The summed E-state index contributed by atoms with van der Waals surface area (Å²) in [4.78, 5) is 25.2. The number of nitrogens with zero attached hydrogens (tertiary/aromatic N) is 4. The number of amides is 1. The zero-order valence-electron chi connectivity index (χ0n) is 15.3. The Kier molecular flexibility index (Phi) is 4.70. The first-order chi connectivity index (χ1) is 13.3. The third kappa shape index (κ3) is 3.80. The first-order valence-corrected chi connectivity index (χ1v) is 9.07. The lowest BCUT2D eigenvalue weighted by Crippen LogP contribution is -2.69. The molecule has 148 valence electrons. The average Bonchev–Trinajstić information content (AvgIpc) is 2.66. The molecule has 4 heterocycles. The van der Waals surface area contributed by atoms with Gasteiger partial charge >= 0.3 is 6.18 Å². The number of benzene rings is 1. The Hall–Kier alpha value is -2.68. The van der Waals surface area contributed by atoms with Crippen molar-refractivity contribution < 1.29 is 18.0 Å². The van der Waals surface area contributed by atoms with E-state index in [4.69, 9.17) is 0 Å². The van der Waals surface area contributed by atoms with Crippen LogP contribution in [0.3, 0.4) is 0 Å². The Morgan fingerprint density at radius 3 is 2.46 bits per heavy atom. The average molecular weight is 391 g/mol. The zero-order valence-corrected chi connectivity index (χ0v) is 15.3. The van der Waals surface area contributed by atoms with Gasteiger partial charge in [0.1, 0.15) is 11.6 Å². The number of alkyl halides is 3. The van der Waals surface area contributed by atoms with Gasteiger partial charge in [0, 0.05) is 37.1 Å². The Bertz CT molecular complexity index is 859. The minimum Gasteiger partial charge on any atom is -0.353 e. The molecule has 1 aromatic heterocycles. The highest BCUT2D eigenvalue weighted by molar-refractivity contribution is 5.92. The molecule has 28 heavy (non-hydrogen) atoms. The minimum atomic E-state index is -4.38. The predicted octanol–water partition coefficient (Wildman–Crippen LogP) is 2.71. The number of halogens is 3. The van der Waals surface area contributed by atoms with Crippen LogP contribution in [-0.4, -0.2) is 52.5 Å². The van der Waals surface area contributed by atoms with Crippen molar-refractivity contribution in [3.63, 3.8) is 0 Å². The van der Waals surface area contributed by atoms with Crippen LogP contribution < -0.4 is 10.2 Å². The summed E-state index contributed by atoms with van der Waals surface area (Å²) in [5, 5.41) is 2.68. The first kappa shape index (κ1) is 18.7. The van der Waals surface area contributed by atoms with Gasteiger partial charge in [0.2, 0.25) is 5.91 Å². The third-order valence-corrected chi connectivity index (χ3v) is 5.25. The molecule has 3 aliphatic heterocycles. The Morgan fingerprint density at radius 2 is 1.86 bits per heavy atom. The van der Waals surface area contributed by atoms with Crippen LogP contribution in [0.25, 0.3) is 0 Å². The van der Waals surface area contributed by atoms with E-state index in [1.54, 1.807) is 6.20 Å². The molecule has 3 fully saturated rings. The summed E-state index contributed by atoms with van der Waals surface area (Å²) in [6.07, 6.45) is -1.60. The molecule has 2 bridgehead atoms. The molecule has 0 spiro atoms. The molecule has 0 saturated carbocycles. The van der Waals surface area contributed by atoms with Crippen molar-refractivity contribution in [1.82, 2.24) is 14.9 Å². The molecular weight excluding hydrogens is 371 g/mol. The molecular formula is C19H20F3N5O. The molecule has 1 aromatic carbocycles. The van der Waals surface area contributed by atoms with Crippen LogP contribution in [0.2, 0.25) is 0 Å². The molecule has 3 saturated heterocycles. The Morgan fingerprint density at radius 1 is 1.18 bits per heavy atom. The van der Waals surface area contributed by atoms with E-state index in [1.165, 1.54) is 12.1 Å². The maximum Gasteiger partial charge on any atom is 0.416 e. The van der Waals surface area contributed by atoms with Crippen molar-refractivity contribution in [1.29, 1.82) is 0 Å². The van der Waals surface area contributed by atoms with E-state index in [2.05, 4.69) is 25.1 Å². The van der Waals surface area contributed by atoms with Crippen LogP contribution in [0, 0.1) is 6.92 Å². The molecule has 1 N–H and O–H groups in total. The van der Waals surface area contributed by atoms with Gasteiger partial charge in [0.25, 0.3) is 0 Å². The predicted molar refractivity (Wildman–Crippen MR) is 98.0 cm³/mol. The van der Waals surface area contributed by atoms with Gasteiger partial charge in [0.05, 0.1) is 12.1 Å². The number of aromatic nitrogens is 2. The fourth-order valence-electron chi connectivity index (χ4n) is 3.86. The standard InChI is InChI=1S/C19H20F3N5O/c1-12-23-7-6-17(24-12)26-9-15-8-16(10-26)27(15)11-18(28)25-14-4-2-13(3-5-14)19(20,21)22/h2-7,15-16H,8-11H2,1H3,(H,25,28). The molecule has 1 amide bonds. The summed E-state index contributed by atoms with van der Waals surface area (Å²) < 4.78 is 37.8. The van der Waals surface area contributed by atoms with Crippen molar-refractivity contribution in [2.75, 3.05) is 29.9 Å². The Balaban J connectivity index is 1.32. The maximum atomic E-state index is 12.6. The molecule has 2 aromatic rings. The van der Waals surface area contributed by atoms with Crippen LogP contribution >= 0.6 is 0 Å². The quantitative estimate of drug-likeness (QED) is 0.869. The molecule has 9 heteroatoms. The van der Waals surface area contributed by atoms with E-state index in [0.29, 0.717) is 5.69 Å². The van der Waals surface area contributed by atoms with Crippen molar-refractivity contribution in [3.8, 4) is 0 Å².